The number of nitrogens with zero attached hydrogens (tertiary/aromatic N) is 1. The van der Waals surface area contributed by atoms with Crippen molar-refractivity contribution in [1.29, 1.82) is 0 Å². The molecule has 0 saturated heterocycles. The van der Waals surface area contributed by atoms with E-state index in [1.54, 1.807) is 55.6 Å². The molecule has 1 N–H and O–H groups in total. The molecule has 0 bridgehead atoms. The highest BCUT2D eigenvalue weighted by molar-refractivity contribution is 7.92. The normalized spacial score (nSPS) is 10.8. The Labute approximate surface area is 147 Å². The zero-order valence-corrected chi connectivity index (χ0v) is 15.0. The van der Waals surface area contributed by atoms with Crippen LogP contribution < -0.4 is 19.1 Å². The molecule has 0 fully saturated rings. The standard InChI is InChI=1S/C17H20N2O5S/c1-23-14-10-8-13(9-11-14)18-17(20)12-19(25(3,21)22)15-6-4-5-7-16(15)24-2/h4-11H,12H2,1-3H3,(H,18,20). The van der Waals surface area contributed by atoms with E-state index in [9.17, 15) is 13.2 Å². The largest absolute Gasteiger partial charge is 0.497 e. The third-order valence-electron chi connectivity index (χ3n) is 3.42. The lowest BCUT2D eigenvalue weighted by Gasteiger charge is -2.23. The number of rotatable bonds is 7. The van der Waals surface area contributed by atoms with E-state index in [1.807, 2.05) is 0 Å². The summed E-state index contributed by atoms with van der Waals surface area (Å²) < 4.78 is 35.5. The Hall–Kier alpha value is -2.74. The van der Waals surface area contributed by atoms with E-state index in [4.69, 9.17) is 9.47 Å². The number of hydrogen-bond acceptors (Lipinski definition) is 5. The van der Waals surface area contributed by atoms with Gasteiger partial charge in [-0.15, -0.1) is 0 Å². The zero-order valence-electron chi connectivity index (χ0n) is 14.2. The van der Waals surface area contributed by atoms with Crippen LogP contribution in [-0.2, 0) is 14.8 Å². The van der Waals surface area contributed by atoms with Crippen LogP contribution in [0.2, 0.25) is 0 Å². The number of nitrogens with one attached hydrogen (secondary N) is 1. The van der Waals surface area contributed by atoms with Gasteiger partial charge in [-0.1, -0.05) is 12.1 Å². The van der Waals surface area contributed by atoms with Gasteiger partial charge >= 0.3 is 0 Å². The topological polar surface area (TPSA) is 84.9 Å². The molecule has 7 nitrogen and oxygen atoms in total. The Bertz CT molecular complexity index is 834. The van der Waals surface area contributed by atoms with Gasteiger partial charge in [-0.25, -0.2) is 8.42 Å². The maximum absolute atomic E-state index is 12.3. The summed E-state index contributed by atoms with van der Waals surface area (Å²) in [5.74, 6) is 0.552. The van der Waals surface area contributed by atoms with Crippen molar-refractivity contribution in [2.24, 2.45) is 0 Å². The fourth-order valence-corrected chi connectivity index (χ4v) is 3.08. The number of anilines is 2. The van der Waals surface area contributed by atoms with E-state index in [-0.39, 0.29) is 6.54 Å². The van der Waals surface area contributed by atoms with E-state index in [0.717, 1.165) is 10.6 Å². The van der Waals surface area contributed by atoms with E-state index in [0.29, 0.717) is 22.9 Å². The van der Waals surface area contributed by atoms with Gasteiger partial charge < -0.3 is 14.8 Å². The molecule has 1 amide bonds. The summed E-state index contributed by atoms with van der Waals surface area (Å²) in [5, 5.41) is 2.66. The van der Waals surface area contributed by atoms with Gasteiger partial charge in [0, 0.05) is 5.69 Å². The smallest absolute Gasteiger partial charge is 0.245 e. The predicted octanol–water partition coefficient (Wildman–Crippen LogP) is 2.11. The summed E-state index contributed by atoms with van der Waals surface area (Å²) >= 11 is 0. The van der Waals surface area contributed by atoms with Crippen LogP contribution in [0.4, 0.5) is 11.4 Å². The molecule has 2 aromatic rings. The minimum atomic E-state index is -3.68. The molecule has 134 valence electrons. The second-order valence-corrected chi connectivity index (χ2v) is 7.12. The minimum absolute atomic E-state index is 0.303. The number of amides is 1. The van der Waals surface area contributed by atoms with Crippen LogP contribution in [0.25, 0.3) is 0 Å². The zero-order chi connectivity index (χ0) is 18.4. The maximum atomic E-state index is 12.3. The molecule has 0 aromatic heterocycles. The summed E-state index contributed by atoms with van der Waals surface area (Å²) in [7, 11) is -0.688. The summed E-state index contributed by atoms with van der Waals surface area (Å²) in [6, 6.07) is 13.4. The first kappa shape index (κ1) is 18.6. The Morgan fingerprint density at radius 1 is 1.04 bits per heavy atom. The highest BCUT2D eigenvalue weighted by atomic mass is 32.2. The van der Waals surface area contributed by atoms with E-state index < -0.39 is 15.9 Å². The van der Waals surface area contributed by atoms with Crippen molar-refractivity contribution in [2.45, 2.75) is 0 Å². The average Bonchev–Trinajstić information content (AvgIpc) is 2.59. The van der Waals surface area contributed by atoms with Crippen molar-refractivity contribution in [1.82, 2.24) is 0 Å². The molecule has 0 radical (unpaired) electrons. The monoisotopic (exact) mass is 364 g/mol. The molecule has 2 rings (SSSR count). The summed E-state index contributed by atoms with van der Waals surface area (Å²) in [6.07, 6.45) is 1.04. The van der Waals surface area contributed by atoms with E-state index in [2.05, 4.69) is 5.32 Å². The summed E-state index contributed by atoms with van der Waals surface area (Å²) in [6.45, 7) is -0.370. The van der Waals surface area contributed by atoms with Crippen molar-refractivity contribution in [2.75, 3.05) is 36.6 Å². The Balaban J connectivity index is 2.21. The molecule has 8 heteroatoms. The quantitative estimate of drug-likeness (QED) is 0.813. The first-order valence-corrected chi connectivity index (χ1v) is 9.24. The molecule has 0 aliphatic carbocycles. The summed E-state index contributed by atoms with van der Waals surface area (Å²) in [5.41, 5.74) is 0.844. The van der Waals surface area contributed by atoms with Crippen LogP contribution in [0.1, 0.15) is 0 Å². The lowest BCUT2D eigenvalue weighted by atomic mass is 10.3. The Morgan fingerprint density at radius 3 is 2.24 bits per heavy atom. The summed E-state index contributed by atoms with van der Waals surface area (Å²) in [4.78, 5) is 12.3. The number of hydrogen-bond donors (Lipinski definition) is 1. The molecule has 0 saturated carbocycles. The molecule has 0 aliphatic rings. The minimum Gasteiger partial charge on any atom is -0.497 e. The third kappa shape index (κ3) is 4.87. The molecule has 0 aliphatic heterocycles. The third-order valence-corrected chi connectivity index (χ3v) is 4.54. The van der Waals surface area contributed by atoms with Gasteiger partial charge in [0.05, 0.1) is 26.2 Å². The predicted molar refractivity (Wildman–Crippen MR) is 96.8 cm³/mol. The van der Waals surface area contributed by atoms with Gasteiger partial charge in [-0.2, -0.15) is 0 Å². The molecule has 0 spiro atoms. The first-order chi connectivity index (χ1) is 11.8. The van der Waals surface area contributed by atoms with Crippen LogP contribution in [0.5, 0.6) is 11.5 Å². The lowest BCUT2D eigenvalue weighted by molar-refractivity contribution is -0.114. The van der Waals surface area contributed by atoms with Crippen LogP contribution in [0, 0.1) is 0 Å². The van der Waals surface area contributed by atoms with E-state index in [1.165, 1.54) is 7.11 Å². The number of carbonyl (C=O) groups excluding carboxylic acids is 1. The van der Waals surface area contributed by atoms with Gasteiger partial charge in [0.25, 0.3) is 0 Å². The lowest BCUT2D eigenvalue weighted by Crippen LogP contribution is -2.37. The maximum Gasteiger partial charge on any atom is 0.245 e. The van der Waals surface area contributed by atoms with E-state index >= 15 is 0 Å². The molecule has 2 aromatic carbocycles. The van der Waals surface area contributed by atoms with Crippen molar-refractivity contribution in [3.8, 4) is 11.5 Å². The second kappa shape index (κ2) is 7.89. The molecule has 0 atom stereocenters. The molecule has 25 heavy (non-hydrogen) atoms. The van der Waals surface area contributed by atoms with Crippen LogP contribution in [-0.4, -0.2) is 41.3 Å². The van der Waals surface area contributed by atoms with Crippen molar-refractivity contribution >= 4 is 27.3 Å². The molecule has 0 unspecified atom stereocenters. The number of ether oxygens (including phenoxy) is 2. The highest BCUT2D eigenvalue weighted by Gasteiger charge is 2.23. The number of methoxy groups -OCH3 is 2. The van der Waals surface area contributed by atoms with Crippen molar-refractivity contribution < 1.29 is 22.7 Å². The number of benzene rings is 2. The van der Waals surface area contributed by atoms with Gasteiger partial charge in [0.1, 0.15) is 18.0 Å². The number of carbonyl (C=O) groups is 1. The fraction of sp³-hybridized carbons (Fsp3) is 0.235. The van der Waals surface area contributed by atoms with Crippen molar-refractivity contribution in [3.63, 3.8) is 0 Å². The molecule has 0 heterocycles. The second-order valence-electron chi connectivity index (χ2n) is 5.22. The van der Waals surface area contributed by atoms with Gasteiger partial charge in [-0.05, 0) is 36.4 Å². The van der Waals surface area contributed by atoms with Gasteiger partial charge in [0.15, 0.2) is 0 Å². The molecular formula is C17H20N2O5S. The first-order valence-electron chi connectivity index (χ1n) is 7.40. The molecular weight excluding hydrogens is 344 g/mol. The van der Waals surface area contributed by atoms with Crippen LogP contribution in [0.15, 0.2) is 48.5 Å². The Kier molecular flexibility index (Phi) is 5.87. The van der Waals surface area contributed by atoms with Gasteiger partial charge in [-0.3, -0.25) is 9.10 Å². The van der Waals surface area contributed by atoms with Crippen LogP contribution in [0.3, 0.4) is 0 Å². The average molecular weight is 364 g/mol. The van der Waals surface area contributed by atoms with Gasteiger partial charge in [0.2, 0.25) is 15.9 Å². The van der Waals surface area contributed by atoms with Crippen molar-refractivity contribution in [3.05, 3.63) is 48.5 Å². The highest BCUT2D eigenvalue weighted by Crippen LogP contribution is 2.29. The fourth-order valence-electron chi connectivity index (χ4n) is 2.22. The number of para-hydroxylation sites is 2. The van der Waals surface area contributed by atoms with Crippen LogP contribution >= 0.6 is 0 Å². The SMILES string of the molecule is COc1ccc(NC(=O)CN(c2ccccc2OC)S(C)(=O)=O)cc1. The number of sulfonamides is 1. The Morgan fingerprint density at radius 2 is 1.68 bits per heavy atom.